The van der Waals surface area contributed by atoms with E-state index >= 15 is 0 Å². The van der Waals surface area contributed by atoms with Crippen molar-refractivity contribution in [3.63, 3.8) is 0 Å². The van der Waals surface area contributed by atoms with Crippen LogP contribution in [0.25, 0.3) is 11.3 Å². The molecule has 0 saturated carbocycles. The molecular formula is C16H20N2O5. The van der Waals surface area contributed by atoms with Crippen molar-refractivity contribution in [2.45, 2.75) is 20.0 Å². The van der Waals surface area contributed by atoms with Crippen LogP contribution in [-0.2, 0) is 7.05 Å². The second-order valence-electron chi connectivity index (χ2n) is 5.21. The molecule has 7 heteroatoms. The van der Waals surface area contributed by atoms with Crippen LogP contribution < -0.4 is 14.2 Å². The summed E-state index contributed by atoms with van der Waals surface area (Å²) in [6.07, 6.45) is -0.0187. The molecule has 0 amide bonds. The molecule has 0 spiro atoms. The fourth-order valence-electron chi connectivity index (χ4n) is 2.24. The Morgan fingerprint density at radius 3 is 2.26 bits per heavy atom. The molecule has 1 heterocycles. The molecule has 0 bridgehead atoms. The Kier molecular flexibility index (Phi) is 4.78. The number of carboxylic acids is 1. The van der Waals surface area contributed by atoms with Gasteiger partial charge in [0.1, 0.15) is 5.75 Å². The highest BCUT2D eigenvalue weighted by Crippen LogP contribution is 2.40. The lowest BCUT2D eigenvalue weighted by molar-refractivity contribution is 0.0689. The Morgan fingerprint density at radius 1 is 1.13 bits per heavy atom. The van der Waals surface area contributed by atoms with Gasteiger partial charge in [-0.25, -0.2) is 4.79 Å². The van der Waals surface area contributed by atoms with E-state index in [4.69, 9.17) is 19.3 Å². The fraction of sp³-hybridized carbons (Fsp3) is 0.375. The molecule has 0 aliphatic carbocycles. The Morgan fingerprint density at radius 2 is 1.78 bits per heavy atom. The van der Waals surface area contributed by atoms with Gasteiger partial charge in [0.05, 0.1) is 26.0 Å². The van der Waals surface area contributed by atoms with Crippen LogP contribution in [0.3, 0.4) is 0 Å². The van der Waals surface area contributed by atoms with Gasteiger partial charge in [-0.1, -0.05) is 0 Å². The predicted octanol–water partition coefficient (Wildman–Crippen LogP) is 2.59. The molecule has 1 aromatic carbocycles. The van der Waals surface area contributed by atoms with Crippen LogP contribution in [0.15, 0.2) is 18.2 Å². The van der Waals surface area contributed by atoms with Crippen LogP contribution in [0, 0.1) is 0 Å². The van der Waals surface area contributed by atoms with E-state index in [2.05, 4.69) is 5.10 Å². The summed E-state index contributed by atoms with van der Waals surface area (Å²) in [5, 5.41) is 13.1. The topological polar surface area (TPSA) is 82.8 Å². The second kappa shape index (κ2) is 6.60. The Balaban J connectivity index is 2.60. The largest absolute Gasteiger partial charge is 0.496 e. The molecule has 23 heavy (non-hydrogen) atoms. The summed E-state index contributed by atoms with van der Waals surface area (Å²) >= 11 is 0. The highest BCUT2D eigenvalue weighted by atomic mass is 16.5. The average Bonchev–Trinajstić information content (AvgIpc) is 2.88. The van der Waals surface area contributed by atoms with Crippen LogP contribution >= 0.6 is 0 Å². The molecule has 7 nitrogen and oxygen atoms in total. The first-order chi connectivity index (χ1) is 10.9. The van der Waals surface area contributed by atoms with Gasteiger partial charge in [0, 0.05) is 18.7 Å². The number of aromatic nitrogens is 2. The van der Waals surface area contributed by atoms with Crippen molar-refractivity contribution in [3.05, 3.63) is 23.9 Å². The first-order valence-electron chi connectivity index (χ1n) is 7.07. The van der Waals surface area contributed by atoms with Gasteiger partial charge < -0.3 is 19.3 Å². The molecule has 124 valence electrons. The van der Waals surface area contributed by atoms with E-state index in [1.54, 1.807) is 33.4 Å². The van der Waals surface area contributed by atoms with E-state index in [9.17, 15) is 4.79 Å². The molecule has 0 atom stereocenters. The zero-order valence-corrected chi connectivity index (χ0v) is 13.8. The number of methoxy groups -OCH3 is 2. The van der Waals surface area contributed by atoms with Gasteiger partial charge in [0.2, 0.25) is 0 Å². The summed E-state index contributed by atoms with van der Waals surface area (Å²) < 4.78 is 18.0. The van der Waals surface area contributed by atoms with Gasteiger partial charge in [0.15, 0.2) is 17.2 Å². The van der Waals surface area contributed by atoms with Crippen molar-refractivity contribution in [1.29, 1.82) is 0 Å². The van der Waals surface area contributed by atoms with Crippen LogP contribution in [0.4, 0.5) is 0 Å². The standard InChI is InChI=1S/C16H20N2O5/c1-9(2)23-15-8-13(21-4)10(6-14(15)22-5)12-7-11(16(19)20)17-18(12)3/h6-9H,1-5H3,(H,19,20). The zero-order valence-electron chi connectivity index (χ0n) is 13.8. The van der Waals surface area contributed by atoms with Crippen molar-refractivity contribution >= 4 is 5.97 Å². The van der Waals surface area contributed by atoms with Gasteiger partial charge >= 0.3 is 5.97 Å². The number of ether oxygens (including phenoxy) is 3. The minimum absolute atomic E-state index is 0.0187. The lowest BCUT2D eigenvalue weighted by Crippen LogP contribution is -2.07. The van der Waals surface area contributed by atoms with E-state index in [-0.39, 0.29) is 11.8 Å². The van der Waals surface area contributed by atoms with E-state index in [0.29, 0.717) is 28.5 Å². The SMILES string of the molecule is COc1cc(-c2cc(C(=O)O)nn2C)c(OC)cc1OC(C)C. The third kappa shape index (κ3) is 3.39. The number of aryl methyl sites for hydroxylation is 1. The van der Waals surface area contributed by atoms with Crippen LogP contribution in [0.5, 0.6) is 17.2 Å². The molecule has 2 aromatic rings. The lowest BCUT2D eigenvalue weighted by Gasteiger charge is -2.17. The quantitative estimate of drug-likeness (QED) is 0.881. The molecule has 0 fully saturated rings. The summed E-state index contributed by atoms with van der Waals surface area (Å²) in [6.45, 7) is 3.83. The van der Waals surface area contributed by atoms with Gasteiger partial charge in [0.25, 0.3) is 0 Å². The summed E-state index contributed by atoms with van der Waals surface area (Å²) in [7, 11) is 4.76. The third-order valence-corrected chi connectivity index (χ3v) is 3.22. The maximum atomic E-state index is 11.1. The highest BCUT2D eigenvalue weighted by Gasteiger charge is 2.19. The van der Waals surface area contributed by atoms with E-state index < -0.39 is 5.97 Å². The number of hydrogen-bond acceptors (Lipinski definition) is 5. The summed E-state index contributed by atoms with van der Waals surface area (Å²) in [5.41, 5.74) is 1.24. The zero-order chi connectivity index (χ0) is 17.1. The smallest absolute Gasteiger partial charge is 0.356 e. The van der Waals surface area contributed by atoms with Crippen molar-refractivity contribution in [1.82, 2.24) is 9.78 Å². The Labute approximate surface area is 134 Å². The summed E-state index contributed by atoms with van der Waals surface area (Å²) in [4.78, 5) is 11.1. The van der Waals surface area contributed by atoms with Gasteiger partial charge in [-0.3, -0.25) is 4.68 Å². The van der Waals surface area contributed by atoms with Crippen molar-refractivity contribution in [2.24, 2.45) is 7.05 Å². The van der Waals surface area contributed by atoms with Gasteiger partial charge in [-0.15, -0.1) is 0 Å². The van der Waals surface area contributed by atoms with Gasteiger partial charge in [-0.2, -0.15) is 5.10 Å². The molecule has 1 N–H and O–H groups in total. The Hall–Kier alpha value is -2.70. The van der Waals surface area contributed by atoms with E-state index in [1.165, 1.54) is 10.7 Å². The van der Waals surface area contributed by atoms with Crippen LogP contribution in [0.2, 0.25) is 0 Å². The summed E-state index contributed by atoms with van der Waals surface area (Å²) in [6, 6.07) is 4.96. The minimum Gasteiger partial charge on any atom is -0.496 e. The first-order valence-corrected chi connectivity index (χ1v) is 7.07. The molecule has 0 aliphatic rings. The maximum absolute atomic E-state index is 11.1. The molecule has 0 unspecified atom stereocenters. The number of carboxylic acid groups (broad SMARTS) is 1. The van der Waals surface area contributed by atoms with Crippen molar-refractivity contribution < 1.29 is 24.1 Å². The maximum Gasteiger partial charge on any atom is 0.356 e. The molecule has 2 rings (SSSR count). The second-order valence-corrected chi connectivity index (χ2v) is 5.21. The fourth-order valence-corrected chi connectivity index (χ4v) is 2.24. The number of aromatic carboxylic acids is 1. The van der Waals surface area contributed by atoms with Crippen molar-refractivity contribution in [3.8, 4) is 28.5 Å². The number of carbonyl (C=O) groups is 1. The lowest BCUT2D eigenvalue weighted by atomic mass is 10.1. The molecular weight excluding hydrogens is 300 g/mol. The first kappa shape index (κ1) is 16.7. The molecule has 0 aliphatic heterocycles. The molecule has 0 radical (unpaired) electrons. The third-order valence-electron chi connectivity index (χ3n) is 3.22. The number of rotatable bonds is 6. The number of nitrogens with zero attached hydrogens (tertiary/aromatic N) is 2. The minimum atomic E-state index is -1.09. The molecule has 0 saturated heterocycles. The molecule has 1 aromatic heterocycles. The number of hydrogen-bond donors (Lipinski definition) is 1. The normalized spacial score (nSPS) is 10.7. The number of benzene rings is 1. The average molecular weight is 320 g/mol. The predicted molar refractivity (Wildman–Crippen MR) is 84.5 cm³/mol. The summed E-state index contributed by atoms with van der Waals surface area (Å²) in [5.74, 6) is 0.551. The van der Waals surface area contributed by atoms with Crippen molar-refractivity contribution in [2.75, 3.05) is 14.2 Å². The van der Waals surface area contributed by atoms with E-state index in [1.807, 2.05) is 13.8 Å². The van der Waals surface area contributed by atoms with Gasteiger partial charge in [-0.05, 0) is 26.0 Å². The van der Waals surface area contributed by atoms with E-state index in [0.717, 1.165) is 0 Å². The Bertz CT molecular complexity index is 722. The highest BCUT2D eigenvalue weighted by molar-refractivity contribution is 5.87. The van der Waals surface area contributed by atoms with Crippen LogP contribution in [-0.4, -0.2) is 41.2 Å². The monoisotopic (exact) mass is 320 g/mol. The van der Waals surface area contributed by atoms with Crippen LogP contribution in [0.1, 0.15) is 24.3 Å².